The van der Waals surface area contributed by atoms with Crippen molar-refractivity contribution in [2.24, 2.45) is 0 Å². The summed E-state index contributed by atoms with van der Waals surface area (Å²) in [6, 6.07) is 0. The molecule has 1 aromatic heterocycles. The van der Waals surface area contributed by atoms with Crippen LogP contribution in [0.4, 0.5) is 5.13 Å². The highest BCUT2D eigenvalue weighted by atomic mass is 32.1. The van der Waals surface area contributed by atoms with E-state index in [1.54, 1.807) is 11.8 Å². The van der Waals surface area contributed by atoms with Crippen LogP contribution in [0.25, 0.3) is 0 Å². The minimum absolute atomic E-state index is 0.0961. The minimum Gasteiger partial charge on any atom is -0.375 e. The Kier molecular flexibility index (Phi) is 1.54. The van der Waals surface area contributed by atoms with E-state index in [1.807, 2.05) is 0 Å². The summed E-state index contributed by atoms with van der Waals surface area (Å²) in [7, 11) is 0. The van der Waals surface area contributed by atoms with Gasteiger partial charge in [-0.3, -0.25) is 4.79 Å². The zero-order valence-electron chi connectivity index (χ0n) is 6.70. The summed E-state index contributed by atoms with van der Waals surface area (Å²) in [6.07, 6.45) is 0. The number of nitrogens with two attached hydrogens (primary N) is 1. The van der Waals surface area contributed by atoms with E-state index in [4.69, 9.17) is 5.73 Å². The van der Waals surface area contributed by atoms with Crippen LogP contribution in [0.15, 0.2) is 0 Å². The molecule has 0 spiro atoms. The first kappa shape index (κ1) is 7.54. The number of rotatable bonds is 0. The van der Waals surface area contributed by atoms with Crippen LogP contribution in [0, 0.1) is 0 Å². The Bertz CT molecular complexity index is 310. The van der Waals surface area contributed by atoms with Crippen molar-refractivity contribution in [1.29, 1.82) is 0 Å². The molecular weight excluding hydrogens is 174 g/mol. The van der Waals surface area contributed by atoms with Crippen molar-refractivity contribution in [3.8, 4) is 0 Å². The van der Waals surface area contributed by atoms with Crippen LogP contribution >= 0.6 is 11.3 Å². The summed E-state index contributed by atoms with van der Waals surface area (Å²) < 4.78 is 0. The fourth-order valence-corrected chi connectivity index (χ4v) is 2.14. The molecule has 1 aliphatic heterocycles. The van der Waals surface area contributed by atoms with Crippen molar-refractivity contribution >= 4 is 22.4 Å². The van der Waals surface area contributed by atoms with Crippen LogP contribution in [0.2, 0.25) is 0 Å². The summed E-state index contributed by atoms with van der Waals surface area (Å²) in [5, 5.41) is 0.600. The molecule has 4 nitrogen and oxygen atoms in total. The zero-order valence-corrected chi connectivity index (χ0v) is 7.52. The van der Waals surface area contributed by atoms with Gasteiger partial charge in [-0.1, -0.05) is 0 Å². The Morgan fingerprint density at radius 1 is 1.67 bits per heavy atom. The van der Waals surface area contributed by atoms with E-state index in [0.29, 0.717) is 18.2 Å². The second kappa shape index (κ2) is 2.45. The smallest absolute Gasteiger partial charge is 0.220 e. The lowest BCUT2D eigenvalue weighted by molar-refractivity contribution is -0.129. The lowest BCUT2D eigenvalue weighted by Gasteiger charge is -2.10. The average molecular weight is 183 g/mol. The molecule has 2 N–H and O–H groups in total. The zero-order chi connectivity index (χ0) is 8.72. The molecule has 0 bridgehead atoms. The van der Waals surface area contributed by atoms with E-state index >= 15 is 0 Å². The first-order valence-electron chi connectivity index (χ1n) is 3.66. The first-order valence-corrected chi connectivity index (χ1v) is 4.48. The number of amides is 1. The third-order valence-electron chi connectivity index (χ3n) is 1.92. The maximum atomic E-state index is 11.0. The lowest BCUT2D eigenvalue weighted by atomic mass is 10.4. The molecule has 0 aliphatic carbocycles. The number of hydrogen-bond acceptors (Lipinski definition) is 4. The van der Waals surface area contributed by atoms with Gasteiger partial charge in [-0.2, -0.15) is 0 Å². The van der Waals surface area contributed by atoms with E-state index in [-0.39, 0.29) is 5.91 Å². The van der Waals surface area contributed by atoms with Crippen LogP contribution in [0.3, 0.4) is 0 Å². The van der Waals surface area contributed by atoms with E-state index in [0.717, 1.165) is 10.6 Å². The Labute approximate surface area is 74.0 Å². The molecular formula is C7H9N3OS. The number of nitrogens with zero attached hydrogens (tertiary/aromatic N) is 2. The summed E-state index contributed by atoms with van der Waals surface area (Å²) in [5.41, 5.74) is 6.48. The quantitative estimate of drug-likeness (QED) is 0.640. The molecule has 2 rings (SSSR count). The molecule has 0 unspecified atom stereocenters. The number of aromatic nitrogens is 1. The Hall–Kier alpha value is -1.10. The van der Waals surface area contributed by atoms with Crippen molar-refractivity contribution in [1.82, 2.24) is 9.88 Å². The lowest BCUT2D eigenvalue weighted by Crippen LogP contribution is -2.22. The fraction of sp³-hybridized carbons (Fsp3) is 0.429. The van der Waals surface area contributed by atoms with Gasteiger partial charge in [-0.15, -0.1) is 11.3 Å². The Morgan fingerprint density at radius 3 is 3.00 bits per heavy atom. The largest absolute Gasteiger partial charge is 0.375 e. The standard InChI is InChI=1S/C7H9N3OS/c1-4(11)10-2-5-6(3-10)12-7(8)9-5/h2-3H2,1H3,(H2,8,9). The maximum absolute atomic E-state index is 11.0. The second-order valence-electron chi connectivity index (χ2n) is 2.80. The van der Waals surface area contributed by atoms with Gasteiger partial charge in [0.1, 0.15) is 0 Å². The third kappa shape index (κ3) is 1.06. The van der Waals surface area contributed by atoms with Gasteiger partial charge in [0.15, 0.2) is 5.13 Å². The van der Waals surface area contributed by atoms with Gasteiger partial charge in [0.05, 0.1) is 23.7 Å². The molecule has 5 heteroatoms. The highest BCUT2D eigenvalue weighted by Gasteiger charge is 2.24. The summed E-state index contributed by atoms with van der Waals surface area (Å²) in [4.78, 5) is 18.0. The molecule has 0 atom stereocenters. The van der Waals surface area contributed by atoms with Gasteiger partial charge in [0, 0.05) is 6.92 Å². The van der Waals surface area contributed by atoms with Gasteiger partial charge >= 0.3 is 0 Å². The number of anilines is 1. The van der Waals surface area contributed by atoms with Crippen molar-refractivity contribution in [3.05, 3.63) is 10.6 Å². The number of fused-ring (bicyclic) bond motifs is 1. The van der Waals surface area contributed by atoms with Gasteiger partial charge in [0.25, 0.3) is 0 Å². The molecule has 12 heavy (non-hydrogen) atoms. The Morgan fingerprint density at radius 2 is 2.42 bits per heavy atom. The van der Waals surface area contributed by atoms with E-state index < -0.39 is 0 Å². The highest BCUT2D eigenvalue weighted by molar-refractivity contribution is 7.15. The minimum atomic E-state index is 0.0961. The molecule has 1 aromatic rings. The number of hydrogen-bond donors (Lipinski definition) is 1. The van der Waals surface area contributed by atoms with Gasteiger partial charge < -0.3 is 10.6 Å². The first-order chi connectivity index (χ1) is 5.66. The molecule has 1 aliphatic rings. The van der Waals surface area contributed by atoms with Gasteiger partial charge in [-0.25, -0.2) is 4.98 Å². The van der Waals surface area contributed by atoms with Crippen molar-refractivity contribution in [2.45, 2.75) is 20.0 Å². The summed E-state index contributed by atoms with van der Waals surface area (Å²) >= 11 is 1.47. The molecule has 1 amide bonds. The maximum Gasteiger partial charge on any atom is 0.220 e. The summed E-state index contributed by atoms with van der Waals surface area (Å²) in [6.45, 7) is 2.87. The SMILES string of the molecule is CC(=O)N1Cc2nc(N)sc2C1. The van der Waals surface area contributed by atoms with Crippen LogP contribution in [-0.2, 0) is 17.9 Å². The molecule has 0 radical (unpaired) electrons. The predicted octanol–water partition coefficient (Wildman–Crippen LogP) is 0.587. The number of nitrogen functional groups attached to an aromatic ring is 1. The van der Waals surface area contributed by atoms with E-state index in [1.165, 1.54) is 11.3 Å². The average Bonchev–Trinajstić information content (AvgIpc) is 2.42. The van der Waals surface area contributed by atoms with Crippen molar-refractivity contribution < 1.29 is 4.79 Å². The van der Waals surface area contributed by atoms with Crippen LogP contribution in [0.1, 0.15) is 17.5 Å². The topological polar surface area (TPSA) is 59.2 Å². The molecule has 0 saturated carbocycles. The van der Waals surface area contributed by atoms with E-state index in [2.05, 4.69) is 4.98 Å². The van der Waals surface area contributed by atoms with Gasteiger partial charge in [-0.05, 0) is 0 Å². The molecule has 64 valence electrons. The predicted molar refractivity (Wildman–Crippen MR) is 46.5 cm³/mol. The number of carbonyl (C=O) groups excluding carboxylic acids is 1. The molecule has 0 fully saturated rings. The Balaban J connectivity index is 2.24. The van der Waals surface area contributed by atoms with Crippen LogP contribution < -0.4 is 5.73 Å². The van der Waals surface area contributed by atoms with Crippen molar-refractivity contribution in [3.63, 3.8) is 0 Å². The van der Waals surface area contributed by atoms with E-state index in [9.17, 15) is 4.79 Å². The molecule has 0 aromatic carbocycles. The third-order valence-corrected chi connectivity index (χ3v) is 2.83. The highest BCUT2D eigenvalue weighted by Crippen LogP contribution is 2.28. The number of carbonyl (C=O) groups is 1. The second-order valence-corrected chi connectivity index (χ2v) is 3.91. The molecule has 0 saturated heterocycles. The van der Waals surface area contributed by atoms with Gasteiger partial charge in [0.2, 0.25) is 5.91 Å². The molecule has 2 heterocycles. The number of thiazole rings is 1. The van der Waals surface area contributed by atoms with Crippen LogP contribution in [-0.4, -0.2) is 15.8 Å². The van der Waals surface area contributed by atoms with Crippen molar-refractivity contribution in [2.75, 3.05) is 5.73 Å². The summed E-state index contributed by atoms with van der Waals surface area (Å²) in [5.74, 6) is 0.0961. The fourth-order valence-electron chi connectivity index (χ4n) is 1.28. The monoisotopic (exact) mass is 183 g/mol. The normalized spacial score (nSPS) is 14.9. The van der Waals surface area contributed by atoms with Crippen LogP contribution in [0.5, 0.6) is 0 Å².